The van der Waals surface area contributed by atoms with E-state index in [1.54, 1.807) is 0 Å². The first-order valence-corrected chi connectivity index (χ1v) is 7.05. The second kappa shape index (κ2) is 5.52. The molecule has 1 aromatic carbocycles. The predicted molar refractivity (Wildman–Crippen MR) is 73.2 cm³/mol. The molecule has 0 amide bonds. The van der Waals surface area contributed by atoms with Crippen molar-refractivity contribution in [2.45, 2.75) is 25.7 Å². The molecule has 0 spiro atoms. The van der Waals surface area contributed by atoms with Gasteiger partial charge < -0.3 is 5.32 Å². The van der Waals surface area contributed by atoms with Crippen LogP contribution in [0.3, 0.4) is 0 Å². The van der Waals surface area contributed by atoms with Crippen molar-refractivity contribution in [3.05, 3.63) is 33.3 Å². The first-order valence-electron chi connectivity index (χ1n) is 5.88. The lowest BCUT2D eigenvalue weighted by molar-refractivity contribution is 0.318. The van der Waals surface area contributed by atoms with Gasteiger partial charge in [0.25, 0.3) is 0 Å². The first kappa shape index (κ1) is 12.4. The van der Waals surface area contributed by atoms with Gasteiger partial charge in [-0.2, -0.15) is 0 Å². The Morgan fingerprint density at radius 2 is 2.31 bits per heavy atom. The minimum Gasteiger partial charge on any atom is -0.316 e. The van der Waals surface area contributed by atoms with Gasteiger partial charge in [0.05, 0.1) is 0 Å². The number of benzene rings is 1. The molecule has 0 radical (unpaired) electrons. The van der Waals surface area contributed by atoms with E-state index in [0.717, 1.165) is 22.6 Å². The normalized spacial score (nSPS) is 25.7. The minimum absolute atomic E-state index is 0.617. The fourth-order valence-corrected chi connectivity index (χ4v) is 3.38. The lowest BCUT2D eigenvalue weighted by atomic mass is 9.80. The van der Waals surface area contributed by atoms with Crippen molar-refractivity contribution in [2.75, 3.05) is 13.1 Å². The van der Waals surface area contributed by atoms with Crippen molar-refractivity contribution in [3.63, 3.8) is 0 Å². The molecular formula is C13H17BrClN. The monoisotopic (exact) mass is 301 g/mol. The molecule has 0 aromatic heterocycles. The SMILES string of the molecule is CCC1CNCCC1c1ccc(Br)cc1Cl. The minimum atomic E-state index is 0.617. The van der Waals surface area contributed by atoms with E-state index in [4.69, 9.17) is 11.6 Å². The van der Waals surface area contributed by atoms with E-state index in [9.17, 15) is 0 Å². The van der Waals surface area contributed by atoms with Gasteiger partial charge in [-0.3, -0.25) is 0 Å². The number of piperidine rings is 1. The maximum absolute atomic E-state index is 6.33. The molecule has 2 rings (SSSR count). The number of rotatable bonds is 2. The van der Waals surface area contributed by atoms with E-state index in [2.05, 4.69) is 40.3 Å². The summed E-state index contributed by atoms with van der Waals surface area (Å²) in [6, 6.07) is 6.27. The molecule has 1 saturated heterocycles. The van der Waals surface area contributed by atoms with Gasteiger partial charge in [-0.05, 0) is 49.0 Å². The lowest BCUT2D eigenvalue weighted by Gasteiger charge is -2.32. The van der Waals surface area contributed by atoms with Crippen molar-refractivity contribution in [1.82, 2.24) is 5.32 Å². The Hall–Kier alpha value is -0.0500. The molecule has 16 heavy (non-hydrogen) atoms. The summed E-state index contributed by atoms with van der Waals surface area (Å²) in [4.78, 5) is 0. The Bertz CT molecular complexity index is 367. The third-order valence-electron chi connectivity index (χ3n) is 3.49. The van der Waals surface area contributed by atoms with E-state index in [1.165, 1.54) is 18.4 Å². The molecule has 1 N–H and O–H groups in total. The van der Waals surface area contributed by atoms with Gasteiger partial charge in [-0.25, -0.2) is 0 Å². The molecule has 0 aliphatic carbocycles. The molecule has 3 heteroatoms. The zero-order chi connectivity index (χ0) is 11.5. The summed E-state index contributed by atoms with van der Waals surface area (Å²) >= 11 is 9.79. The summed E-state index contributed by atoms with van der Waals surface area (Å²) in [5, 5.41) is 4.37. The Balaban J connectivity index is 2.27. The standard InChI is InChI=1S/C13H17BrClN/c1-2-9-8-16-6-5-11(9)12-4-3-10(14)7-13(12)15/h3-4,7,9,11,16H,2,5-6,8H2,1H3. The van der Waals surface area contributed by atoms with E-state index >= 15 is 0 Å². The van der Waals surface area contributed by atoms with Crippen molar-refractivity contribution in [3.8, 4) is 0 Å². The van der Waals surface area contributed by atoms with E-state index in [0.29, 0.717) is 11.8 Å². The number of halogens is 2. The van der Waals surface area contributed by atoms with Crippen molar-refractivity contribution >= 4 is 27.5 Å². The van der Waals surface area contributed by atoms with Crippen molar-refractivity contribution in [2.24, 2.45) is 5.92 Å². The maximum Gasteiger partial charge on any atom is 0.0452 e. The largest absolute Gasteiger partial charge is 0.316 e. The molecule has 2 atom stereocenters. The second-order valence-corrected chi connectivity index (χ2v) is 5.76. The third kappa shape index (κ3) is 2.61. The molecule has 1 aliphatic heterocycles. The summed E-state index contributed by atoms with van der Waals surface area (Å²) in [5.41, 5.74) is 1.32. The van der Waals surface area contributed by atoms with Crippen LogP contribution in [0.5, 0.6) is 0 Å². The van der Waals surface area contributed by atoms with Crippen LogP contribution in [0.2, 0.25) is 5.02 Å². The van der Waals surface area contributed by atoms with Crippen LogP contribution < -0.4 is 5.32 Å². The highest BCUT2D eigenvalue weighted by molar-refractivity contribution is 9.10. The Labute approximate surface area is 111 Å². The molecule has 1 nitrogen and oxygen atoms in total. The predicted octanol–water partition coefficient (Wildman–Crippen LogP) is 4.21. The average molecular weight is 303 g/mol. The Morgan fingerprint density at radius 1 is 1.50 bits per heavy atom. The first-order chi connectivity index (χ1) is 7.72. The summed E-state index contributed by atoms with van der Waals surface area (Å²) in [5.74, 6) is 1.33. The van der Waals surface area contributed by atoms with Gasteiger partial charge >= 0.3 is 0 Å². The van der Waals surface area contributed by atoms with Crippen LogP contribution >= 0.6 is 27.5 Å². The fourth-order valence-electron chi connectivity index (χ4n) is 2.56. The third-order valence-corrected chi connectivity index (χ3v) is 4.31. The highest BCUT2D eigenvalue weighted by atomic mass is 79.9. The summed E-state index contributed by atoms with van der Waals surface area (Å²) < 4.78 is 1.06. The van der Waals surface area contributed by atoms with Gasteiger partial charge in [-0.15, -0.1) is 0 Å². The molecule has 1 heterocycles. The van der Waals surface area contributed by atoms with Gasteiger partial charge in [0.2, 0.25) is 0 Å². The molecule has 1 fully saturated rings. The summed E-state index contributed by atoms with van der Waals surface area (Å²) in [7, 11) is 0. The van der Waals surface area contributed by atoms with Gasteiger partial charge in [0.1, 0.15) is 0 Å². The number of nitrogens with one attached hydrogen (secondary N) is 1. The van der Waals surface area contributed by atoms with Crippen LogP contribution in [0.4, 0.5) is 0 Å². The van der Waals surface area contributed by atoms with Crippen LogP contribution in [0, 0.1) is 5.92 Å². The average Bonchev–Trinajstić information content (AvgIpc) is 2.29. The zero-order valence-corrected chi connectivity index (χ0v) is 11.8. The van der Waals surface area contributed by atoms with Crippen LogP contribution in [0.1, 0.15) is 31.2 Å². The fraction of sp³-hybridized carbons (Fsp3) is 0.538. The maximum atomic E-state index is 6.33. The molecule has 1 aromatic rings. The molecule has 1 aliphatic rings. The second-order valence-electron chi connectivity index (χ2n) is 4.43. The summed E-state index contributed by atoms with van der Waals surface area (Å²) in [6.07, 6.45) is 2.41. The van der Waals surface area contributed by atoms with Crippen LogP contribution in [0.15, 0.2) is 22.7 Å². The van der Waals surface area contributed by atoms with Crippen molar-refractivity contribution in [1.29, 1.82) is 0 Å². The molecule has 88 valence electrons. The number of hydrogen-bond acceptors (Lipinski definition) is 1. The topological polar surface area (TPSA) is 12.0 Å². The summed E-state index contributed by atoms with van der Waals surface area (Å²) in [6.45, 7) is 4.48. The quantitative estimate of drug-likeness (QED) is 0.863. The molecule has 0 saturated carbocycles. The zero-order valence-electron chi connectivity index (χ0n) is 9.47. The van der Waals surface area contributed by atoms with Gasteiger partial charge in [-0.1, -0.05) is 46.9 Å². The molecule has 0 bridgehead atoms. The Kier molecular flexibility index (Phi) is 4.28. The van der Waals surface area contributed by atoms with Gasteiger partial charge in [0.15, 0.2) is 0 Å². The smallest absolute Gasteiger partial charge is 0.0452 e. The van der Waals surface area contributed by atoms with Crippen LogP contribution in [0.25, 0.3) is 0 Å². The lowest BCUT2D eigenvalue weighted by Crippen LogP contribution is -2.35. The van der Waals surface area contributed by atoms with Crippen molar-refractivity contribution < 1.29 is 0 Å². The molecule has 2 unspecified atom stereocenters. The number of hydrogen-bond donors (Lipinski definition) is 1. The Morgan fingerprint density at radius 3 is 3.00 bits per heavy atom. The van der Waals surface area contributed by atoms with E-state index in [-0.39, 0.29) is 0 Å². The van der Waals surface area contributed by atoms with E-state index < -0.39 is 0 Å². The van der Waals surface area contributed by atoms with Crippen LogP contribution in [-0.2, 0) is 0 Å². The highest BCUT2D eigenvalue weighted by Crippen LogP contribution is 2.37. The molecular weight excluding hydrogens is 286 g/mol. The highest BCUT2D eigenvalue weighted by Gasteiger charge is 2.26. The van der Waals surface area contributed by atoms with E-state index in [1.807, 2.05) is 6.07 Å². The van der Waals surface area contributed by atoms with Crippen LogP contribution in [-0.4, -0.2) is 13.1 Å². The van der Waals surface area contributed by atoms with Gasteiger partial charge in [0, 0.05) is 9.50 Å².